The van der Waals surface area contributed by atoms with E-state index in [9.17, 15) is 9.90 Å². The summed E-state index contributed by atoms with van der Waals surface area (Å²) in [5.74, 6) is 0.297. The molecule has 0 aromatic heterocycles. The van der Waals surface area contributed by atoms with Gasteiger partial charge < -0.3 is 20.5 Å². The number of nitrogen functional groups attached to an aromatic ring is 1. The molecule has 0 saturated heterocycles. The standard InChI is InChI=1S/C12H18N2O3/c1-8(15)7-14(2)12(16)9-4-5-10(13)11(6-9)17-3/h4-6,8,15H,7,13H2,1-3H3. The van der Waals surface area contributed by atoms with E-state index in [4.69, 9.17) is 10.5 Å². The van der Waals surface area contributed by atoms with Crippen molar-refractivity contribution in [2.45, 2.75) is 13.0 Å². The molecule has 5 nitrogen and oxygen atoms in total. The Labute approximate surface area is 101 Å². The predicted octanol–water partition coefficient (Wildman–Crippen LogP) is 0.730. The molecule has 1 atom stereocenters. The van der Waals surface area contributed by atoms with Crippen molar-refractivity contribution in [2.24, 2.45) is 0 Å². The van der Waals surface area contributed by atoms with E-state index in [1.165, 1.54) is 12.0 Å². The number of aliphatic hydroxyl groups is 1. The fraction of sp³-hybridized carbons (Fsp3) is 0.417. The van der Waals surface area contributed by atoms with Crippen LogP contribution in [0.3, 0.4) is 0 Å². The number of anilines is 1. The van der Waals surface area contributed by atoms with Crippen LogP contribution in [0.4, 0.5) is 5.69 Å². The van der Waals surface area contributed by atoms with E-state index in [1.807, 2.05) is 0 Å². The Balaban J connectivity index is 2.89. The third kappa shape index (κ3) is 3.35. The molecule has 0 aliphatic heterocycles. The second-order valence-electron chi connectivity index (χ2n) is 3.99. The van der Waals surface area contributed by atoms with Gasteiger partial charge in [-0.2, -0.15) is 0 Å². The van der Waals surface area contributed by atoms with Crippen LogP contribution in [0.2, 0.25) is 0 Å². The number of rotatable bonds is 4. The minimum atomic E-state index is -0.556. The molecule has 1 aromatic carbocycles. The number of amides is 1. The summed E-state index contributed by atoms with van der Waals surface area (Å²) in [6.45, 7) is 1.92. The molecule has 0 radical (unpaired) electrons. The van der Waals surface area contributed by atoms with E-state index in [1.54, 1.807) is 32.2 Å². The van der Waals surface area contributed by atoms with Gasteiger partial charge in [-0.05, 0) is 25.1 Å². The van der Waals surface area contributed by atoms with E-state index < -0.39 is 6.10 Å². The van der Waals surface area contributed by atoms with Gasteiger partial charge in [0.1, 0.15) is 5.75 Å². The molecule has 1 unspecified atom stereocenters. The Bertz CT molecular complexity index is 405. The first kappa shape index (κ1) is 13.3. The van der Waals surface area contributed by atoms with Gasteiger partial charge in [-0.3, -0.25) is 4.79 Å². The number of aliphatic hydroxyl groups excluding tert-OH is 1. The lowest BCUT2D eigenvalue weighted by molar-refractivity contribution is 0.0703. The number of nitrogens with zero attached hydrogens (tertiary/aromatic N) is 1. The van der Waals surface area contributed by atoms with E-state index >= 15 is 0 Å². The second-order valence-corrected chi connectivity index (χ2v) is 3.99. The molecular weight excluding hydrogens is 220 g/mol. The van der Waals surface area contributed by atoms with Gasteiger partial charge in [0.05, 0.1) is 18.9 Å². The first-order valence-corrected chi connectivity index (χ1v) is 5.32. The molecule has 1 aromatic rings. The van der Waals surface area contributed by atoms with Crippen molar-refractivity contribution >= 4 is 11.6 Å². The molecule has 3 N–H and O–H groups in total. The Hall–Kier alpha value is -1.75. The maximum atomic E-state index is 12.0. The number of hydrogen-bond acceptors (Lipinski definition) is 4. The lowest BCUT2D eigenvalue weighted by Gasteiger charge is -2.19. The molecule has 94 valence electrons. The quantitative estimate of drug-likeness (QED) is 0.758. The van der Waals surface area contributed by atoms with E-state index in [-0.39, 0.29) is 12.5 Å². The molecule has 0 bridgehead atoms. The topological polar surface area (TPSA) is 75.8 Å². The Morgan fingerprint density at radius 3 is 2.76 bits per heavy atom. The van der Waals surface area contributed by atoms with Crippen molar-refractivity contribution in [2.75, 3.05) is 26.4 Å². The molecule has 0 aliphatic rings. The van der Waals surface area contributed by atoms with E-state index in [0.717, 1.165) is 0 Å². The van der Waals surface area contributed by atoms with Crippen LogP contribution in [0.1, 0.15) is 17.3 Å². The maximum absolute atomic E-state index is 12.0. The number of benzene rings is 1. The van der Waals surface area contributed by atoms with Crippen molar-refractivity contribution in [1.82, 2.24) is 4.90 Å². The third-order valence-electron chi connectivity index (χ3n) is 2.37. The van der Waals surface area contributed by atoms with Gasteiger partial charge in [-0.15, -0.1) is 0 Å². The minimum Gasteiger partial charge on any atom is -0.495 e. The van der Waals surface area contributed by atoms with Crippen LogP contribution in [0.25, 0.3) is 0 Å². The van der Waals surface area contributed by atoms with Crippen LogP contribution in [0, 0.1) is 0 Å². The van der Waals surface area contributed by atoms with Gasteiger partial charge in [0.15, 0.2) is 0 Å². The third-order valence-corrected chi connectivity index (χ3v) is 2.37. The summed E-state index contributed by atoms with van der Waals surface area (Å²) in [5, 5.41) is 9.22. The molecule has 0 saturated carbocycles. The summed E-state index contributed by atoms with van der Waals surface area (Å²) in [7, 11) is 3.14. The number of carbonyl (C=O) groups is 1. The fourth-order valence-corrected chi connectivity index (χ4v) is 1.54. The summed E-state index contributed by atoms with van der Waals surface area (Å²) in [6.07, 6.45) is -0.556. The maximum Gasteiger partial charge on any atom is 0.253 e. The summed E-state index contributed by atoms with van der Waals surface area (Å²) in [5.41, 5.74) is 6.64. The van der Waals surface area contributed by atoms with Crippen molar-refractivity contribution in [3.63, 3.8) is 0 Å². The zero-order valence-corrected chi connectivity index (χ0v) is 10.3. The van der Waals surface area contributed by atoms with Gasteiger partial charge >= 0.3 is 0 Å². The highest BCUT2D eigenvalue weighted by molar-refractivity contribution is 5.95. The summed E-state index contributed by atoms with van der Waals surface area (Å²) >= 11 is 0. The zero-order chi connectivity index (χ0) is 13.0. The first-order valence-electron chi connectivity index (χ1n) is 5.32. The van der Waals surface area contributed by atoms with Crippen LogP contribution in [-0.2, 0) is 0 Å². The second kappa shape index (κ2) is 5.54. The van der Waals surface area contributed by atoms with Gasteiger partial charge in [-0.1, -0.05) is 0 Å². The number of ether oxygens (including phenoxy) is 1. The van der Waals surface area contributed by atoms with Crippen molar-refractivity contribution in [3.8, 4) is 5.75 Å². The summed E-state index contributed by atoms with van der Waals surface area (Å²) < 4.78 is 5.05. The molecule has 5 heteroatoms. The smallest absolute Gasteiger partial charge is 0.253 e. The van der Waals surface area contributed by atoms with E-state index in [0.29, 0.717) is 17.0 Å². The van der Waals surface area contributed by atoms with Crippen LogP contribution in [0.15, 0.2) is 18.2 Å². The van der Waals surface area contributed by atoms with Crippen molar-refractivity contribution in [3.05, 3.63) is 23.8 Å². The summed E-state index contributed by atoms with van der Waals surface area (Å²) in [4.78, 5) is 13.4. The molecule has 0 heterocycles. The van der Waals surface area contributed by atoms with Gasteiger partial charge in [-0.25, -0.2) is 0 Å². The van der Waals surface area contributed by atoms with Crippen LogP contribution in [0.5, 0.6) is 5.75 Å². The Morgan fingerprint density at radius 1 is 1.59 bits per heavy atom. The van der Waals surface area contributed by atoms with Gasteiger partial charge in [0, 0.05) is 19.2 Å². The first-order chi connectivity index (χ1) is 7.95. The van der Waals surface area contributed by atoms with Gasteiger partial charge in [0.25, 0.3) is 5.91 Å². The lowest BCUT2D eigenvalue weighted by Crippen LogP contribution is -2.33. The average molecular weight is 238 g/mol. The number of hydrogen-bond donors (Lipinski definition) is 2. The predicted molar refractivity (Wildman–Crippen MR) is 66.0 cm³/mol. The molecule has 17 heavy (non-hydrogen) atoms. The van der Waals surface area contributed by atoms with Crippen LogP contribution >= 0.6 is 0 Å². The average Bonchev–Trinajstić information content (AvgIpc) is 2.27. The highest BCUT2D eigenvalue weighted by atomic mass is 16.5. The molecular formula is C12H18N2O3. The fourth-order valence-electron chi connectivity index (χ4n) is 1.54. The van der Waals surface area contributed by atoms with E-state index in [2.05, 4.69) is 0 Å². The Morgan fingerprint density at radius 2 is 2.24 bits per heavy atom. The zero-order valence-electron chi connectivity index (χ0n) is 10.3. The normalized spacial score (nSPS) is 12.0. The largest absolute Gasteiger partial charge is 0.495 e. The monoisotopic (exact) mass is 238 g/mol. The molecule has 0 spiro atoms. The number of nitrogens with two attached hydrogens (primary N) is 1. The molecule has 1 amide bonds. The molecule has 0 fully saturated rings. The number of carbonyl (C=O) groups excluding carboxylic acids is 1. The summed E-state index contributed by atoms with van der Waals surface area (Å²) in [6, 6.07) is 4.86. The number of likely N-dealkylation sites (N-methyl/N-ethyl adjacent to an activating group) is 1. The molecule has 0 aliphatic carbocycles. The van der Waals surface area contributed by atoms with Crippen LogP contribution in [-0.4, -0.2) is 42.7 Å². The highest BCUT2D eigenvalue weighted by Gasteiger charge is 2.14. The SMILES string of the molecule is COc1cc(C(=O)N(C)CC(C)O)ccc1N. The van der Waals surface area contributed by atoms with Crippen molar-refractivity contribution < 1.29 is 14.6 Å². The van der Waals surface area contributed by atoms with Gasteiger partial charge in [0.2, 0.25) is 0 Å². The molecule has 1 rings (SSSR count). The van der Waals surface area contributed by atoms with Crippen molar-refractivity contribution in [1.29, 1.82) is 0 Å². The Kier molecular flexibility index (Phi) is 4.34. The lowest BCUT2D eigenvalue weighted by atomic mass is 10.1. The minimum absolute atomic E-state index is 0.177. The van der Waals surface area contributed by atoms with Crippen LogP contribution < -0.4 is 10.5 Å². The highest BCUT2D eigenvalue weighted by Crippen LogP contribution is 2.22. The number of methoxy groups -OCH3 is 1.